The maximum atomic E-state index is 13.4. The summed E-state index contributed by atoms with van der Waals surface area (Å²) >= 11 is 18.1. The van der Waals surface area contributed by atoms with E-state index in [4.69, 9.17) is 35.4 Å². The summed E-state index contributed by atoms with van der Waals surface area (Å²) in [5.74, 6) is -0.769. The fraction of sp³-hybridized carbons (Fsp3) is 0.346. The van der Waals surface area contributed by atoms with Crippen molar-refractivity contribution >= 4 is 69.8 Å². The summed E-state index contributed by atoms with van der Waals surface area (Å²) in [5.41, 5.74) is 3.35. The number of benzene rings is 2. The lowest BCUT2D eigenvalue weighted by molar-refractivity contribution is -0.122. The summed E-state index contributed by atoms with van der Waals surface area (Å²) in [6, 6.07) is 10.7. The summed E-state index contributed by atoms with van der Waals surface area (Å²) in [7, 11) is 0. The topological polar surface area (TPSA) is 52.7 Å². The van der Waals surface area contributed by atoms with Gasteiger partial charge in [-0.25, -0.2) is 0 Å². The third-order valence-electron chi connectivity index (χ3n) is 6.42. The van der Waals surface area contributed by atoms with Crippen LogP contribution in [0.15, 0.2) is 42.0 Å². The van der Waals surface area contributed by atoms with Gasteiger partial charge in [0.2, 0.25) is 0 Å². The van der Waals surface area contributed by atoms with Crippen LogP contribution in [-0.2, 0) is 9.59 Å². The molecule has 2 aliphatic rings. The van der Waals surface area contributed by atoms with Crippen molar-refractivity contribution in [2.45, 2.75) is 52.0 Å². The Kier molecular flexibility index (Phi) is 6.78. The van der Waals surface area contributed by atoms with Gasteiger partial charge in [-0.3, -0.25) is 19.8 Å². The highest BCUT2D eigenvalue weighted by Crippen LogP contribution is 2.45. The maximum absolute atomic E-state index is 13.4. The van der Waals surface area contributed by atoms with Gasteiger partial charge in [-0.15, -0.1) is 0 Å². The van der Waals surface area contributed by atoms with Gasteiger partial charge < -0.3 is 4.90 Å². The Balaban J connectivity index is 1.78. The Morgan fingerprint density at radius 1 is 1.21 bits per heavy atom. The van der Waals surface area contributed by atoms with Crippen molar-refractivity contribution < 1.29 is 9.59 Å². The summed E-state index contributed by atoms with van der Waals surface area (Å²) in [4.78, 5) is 29.8. The van der Waals surface area contributed by atoms with Crippen LogP contribution < -0.4 is 15.1 Å². The maximum Gasteiger partial charge on any atom is 0.270 e. The summed E-state index contributed by atoms with van der Waals surface area (Å²) in [5, 5.41) is 3.57. The SMILES string of the molecule is CCCN1c2cc(Cl)c(/C=C3/C(=O)NC(=S)N(c4cccc(Cl)c4)C3=O)cc2C(C)CC1(C)C. The second kappa shape index (κ2) is 9.33. The first-order chi connectivity index (χ1) is 16.0. The van der Waals surface area contributed by atoms with E-state index in [1.807, 2.05) is 12.1 Å². The monoisotopic (exact) mass is 515 g/mol. The number of carbonyl (C=O) groups is 2. The van der Waals surface area contributed by atoms with E-state index in [9.17, 15) is 9.59 Å². The average Bonchev–Trinajstić information content (AvgIpc) is 2.74. The van der Waals surface area contributed by atoms with Gasteiger partial charge in [0.05, 0.1) is 5.69 Å². The minimum Gasteiger partial charge on any atom is -0.366 e. The van der Waals surface area contributed by atoms with Gasteiger partial charge in [-0.1, -0.05) is 43.1 Å². The molecular formula is C26H27Cl2N3O2S. The van der Waals surface area contributed by atoms with E-state index in [2.05, 4.69) is 37.9 Å². The van der Waals surface area contributed by atoms with Crippen LogP contribution in [0.2, 0.25) is 10.0 Å². The molecule has 8 heteroatoms. The first kappa shape index (κ1) is 24.7. The number of hydrogen-bond donors (Lipinski definition) is 1. The number of fused-ring (bicyclic) bond motifs is 1. The van der Waals surface area contributed by atoms with Crippen molar-refractivity contribution in [1.82, 2.24) is 5.32 Å². The molecule has 5 nitrogen and oxygen atoms in total. The number of hydrogen-bond acceptors (Lipinski definition) is 4. The highest BCUT2D eigenvalue weighted by Gasteiger charge is 2.37. The molecule has 0 radical (unpaired) electrons. The van der Waals surface area contributed by atoms with Gasteiger partial charge in [-0.05, 0) is 92.4 Å². The molecule has 0 aromatic heterocycles. The predicted molar refractivity (Wildman–Crippen MR) is 144 cm³/mol. The van der Waals surface area contributed by atoms with Gasteiger partial charge >= 0.3 is 0 Å². The average molecular weight is 516 g/mol. The van der Waals surface area contributed by atoms with E-state index in [-0.39, 0.29) is 16.2 Å². The molecule has 2 aromatic carbocycles. The van der Waals surface area contributed by atoms with Crippen LogP contribution in [0.4, 0.5) is 11.4 Å². The quantitative estimate of drug-likeness (QED) is 0.293. The molecule has 2 aromatic rings. The third kappa shape index (κ3) is 4.47. The molecule has 1 atom stereocenters. The lowest BCUT2D eigenvalue weighted by atomic mass is 9.79. The van der Waals surface area contributed by atoms with Gasteiger partial charge in [0.15, 0.2) is 5.11 Å². The number of carbonyl (C=O) groups excluding carboxylic acids is 2. The molecule has 0 saturated carbocycles. The smallest absolute Gasteiger partial charge is 0.270 e. The van der Waals surface area contributed by atoms with Gasteiger partial charge in [0.1, 0.15) is 5.57 Å². The standard InChI is InChI=1S/C26H27Cl2N3O2S/c1-5-9-30-22-13-21(28)16(10-19(22)15(2)14-26(30,3)4)11-20-23(32)29-25(34)31(24(20)33)18-8-6-7-17(27)12-18/h6-8,10-13,15H,5,9,14H2,1-4H3,(H,29,32,34)/b20-11-. The summed E-state index contributed by atoms with van der Waals surface area (Å²) < 4.78 is 0. The molecule has 1 fully saturated rings. The van der Waals surface area contributed by atoms with Crippen molar-refractivity contribution in [3.05, 3.63) is 63.1 Å². The van der Waals surface area contributed by atoms with Gasteiger partial charge in [0, 0.05) is 27.8 Å². The molecule has 1 saturated heterocycles. The number of amides is 2. The number of thiocarbonyl (C=S) groups is 1. The minimum absolute atomic E-state index is 0.0111. The van der Waals surface area contributed by atoms with Crippen LogP contribution in [0.5, 0.6) is 0 Å². The highest BCUT2D eigenvalue weighted by atomic mass is 35.5. The van der Waals surface area contributed by atoms with E-state index < -0.39 is 11.8 Å². The van der Waals surface area contributed by atoms with Crippen LogP contribution in [-0.4, -0.2) is 29.0 Å². The van der Waals surface area contributed by atoms with Crippen LogP contribution >= 0.6 is 35.4 Å². The predicted octanol–water partition coefficient (Wildman–Crippen LogP) is 6.33. The molecule has 0 aliphatic carbocycles. The highest BCUT2D eigenvalue weighted by molar-refractivity contribution is 7.80. The molecule has 1 unspecified atom stereocenters. The van der Waals surface area contributed by atoms with Crippen LogP contribution in [0, 0.1) is 0 Å². The lowest BCUT2D eigenvalue weighted by Gasteiger charge is -2.47. The van der Waals surface area contributed by atoms with Gasteiger partial charge in [-0.2, -0.15) is 0 Å². The fourth-order valence-corrected chi connectivity index (χ4v) is 5.62. The van der Waals surface area contributed by atoms with E-state index in [0.717, 1.165) is 30.6 Å². The Morgan fingerprint density at radius 2 is 1.94 bits per heavy atom. The number of rotatable bonds is 4. The van der Waals surface area contributed by atoms with Gasteiger partial charge in [0.25, 0.3) is 11.8 Å². The molecule has 178 valence electrons. The van der Waals surface area contributed by atoms with E-state index in [1.54, 1.807) is 30.3 Å². The van der Waals surface area contributed by atoms with E-state index in [0.29, 0.717) is 27.2 Å². The van der Waals surface area contributed by atoms with E-state index in [1.165, 1.54) is 4.90 Å². The second-order valence-electron chi connectivity index (χ2n) is 9.44. The van der Waals surface area contributed by atoms with Crippen molar-refractivity contribution in [2.24, 2.45) is 0 Å². The van der Waals surface area contributed by atoms with Crippen LogP contribution in [0.25, 0.3) is 6.08 Å². The summed E-state index contributed by atoms with van der Waals surface area (Å²) in [6.07, 6.45) is 3.57. The summed E-state index contributed by atoms with van der Waals surface area (Å²) in [6.45, 7) is 9.80. The first-order valence-corrected chi connectivity index (χ1v) is 12.5. The Labute approximate surface area is 215 Å². The van der Waals surface area contributed by atoms with Crippen LogP contribution in [0.1, 0.15) is 57.6 Å². The Hall–Kier alpha value is -2.41. The zero-order valence-corrected chi connectivity index (χ0v) is 21.9. The minimum atomic E-state index is -0.552. The lowest BCUT2D eigenvalue weighted by Crippen LogP contribution is -2.54. The normalized spacial score (nSPS) is 21.1. The molecule has 2 amide bonds. The molecule has 1 N–H and O–H groups in total. The molecule has 34 heavy (non-hydrogen) atoms. The molecule has 4 rings (SSSR count). The first-order valence-electron chi connectivity index (χ1n) is 11.3. The van der Waals surface area contributed by atoms with Crippen molar-refractivity contribution in [3.63, 3.8) is 0 Å². The fourth-order valence-electron chi connectivity index (χ4n) is 4.94. The number of halogens is 2. The van der Waals surface area contributed by atoms with Crippen molar-refractivity contribution in [3.8, 4) is 0 Å². The zero-order valence-electron chi connectivity index (χ0n) is 19.6. The zero-order chi connectivity index (χ0) is 24.8. The number of nitrogens with zero attached hydrogens (tertiary/aromatic N) is 2. The molecule has 0 bridgehead atoms. The Morgan fingerprint density at radius 3 is 2.62 bits per heavy atom. The van der Waals surface area contributed by atoms with Crippen LogP contribution in [0.3, 0.4) is 0 Å². The number of nitrogens with one attached hydrogen (secondary N) is 1. The van der Waals surface area contributed by atoms with Crippen molar-refractivity contribution in [2.75, 3.05) is 16.3 Å². The van der Waals surface area contributed by atoms with E-state index >= 15 is 0 Å². The largest absolute Gasteiger partial charge is 0.366 e. The molecule has 2 heterocycles. The molecular weight excluding hydrogens is 489 g/mol. The second-order valence-corrected chi connectivity index (χ2v) is 10.7. The third-order valence-corrected chi connectivity index (χ3v) is 7.27. The molecule has 0 spiro atoms. The molecule has 2 aliphatic heterocycles. The Bertz CT molecular complexity index is 1220. The van der Waals surface area contributed by atoms with Crippen molar-refractivity contribution in [1.29, 1.82) is 0 Å². The number of anilines is 2.